The highest BCUT2D eigenvalue weighted by molar-refractivity contribution is 5.87. The van der Waals surface area contributed by atoms with Gasteiger partial charge in [-0.25, -0.2) is 0 Å². The van der Waals surface area contributed by atoms with Crippen molar-refractivity contribution in [2.75, 3.05) is 13.1 Å². The molecule has 18 heteroatoms. The van der Waals surface area contributed by atoms with Gasteiger partial charge in [0.15, 0.2) is 0 Å². The molecule has 1 aliphatic heterocycles. The molecule has 67 heavy (non-hydrogen) atoms. The second-order valence-corrected chi connectivity index (χ2v) is 18.7. The van der Waals surface area contributed by atoms with E-state index >= 15 is 0 Å². The highest BCUT2D eigenvalue weighted by atomic mass is 16.4. The van der Waals surface area contributed by atoms with Crippen molar-refractivity contribution in [3.8, 4) is 0 Å². The molecule has 2 aromatic carbocycles. The Balaban J connectivity index is 1.10. The third-order valence-corrected chi connectivity index (χ3v) is 13.2. The van der Waals surface area contributed by atoms with Crippen molar-refractivity contribution in [2.24, 2.45) is 23.5 Å². The van der Waals surface area contributed by atoms with Gasteiger partial charge in [-0.1, -0.05) is 63.1 Å². The first-order valence-electron chi connectivity index (χ1n) is 23.6. The molecule has 0 spiro atoms. The Kier molecular flexibility index (Phi) is 17.9. The van der Waals surface area contributed by atoms with Gasteiger partial charge in [-0.2, -0.15) is 0 Å². The molecule has 6 rings (SSSR count). The van der Waals surface area contributed by atoms with E-state index in [1.807, 2.05) is 74.8 Å². The summed E-state index contributed by atoms with van der Waals surface area (Å²) in [7, 11) is 0. The van der Waals surface area contributed by atoms with Crippen molar-refractivity contribution in [1.29, 1.82) is 0 Å². The SMILES string of the molecule is CC(C)[C@@H](CC(=O)N[C@@H]1CCNC[C@H]1C(=O)N[C@H](CC(=O)N[C@@H](CCC(=O)O)CC(=O)O)Cc1c[nH]c2ccccc12)NC(=O)C[C@H](Cc1c[nH]c2ccccc12)NC(=O)[C@@H]1CCCC[C@H]1N. The van der Waals surface area contributed by atoms with Crippen LogP contribution in [0, 0.1) is 17.8 Å². The number of fused-ring (bicyclic) bond motifs is 2. The number of para-hydroxylation sites is 2. The molecule has 5 amide bonds. The maximum Gasteiger partial charge on any atom is 0.305 e. The number of H-pyrrole nitrogens is 2. The largest absolute Gasteiger partial charge is 0.481 e. The topological polar surface area (TPSA) is 290 Å². The van der Waals surface area contributed by atoms with E-state index < -0.39 is 66.3 Å². The molecule has 4 aromatic rings. The normalized spacial score (nSPS) is 20.3. The van der Waals surface area contributed by atoms with Crippen LogP contribution < -0.4 is 37.6 Å². The van der Waals surface area contributed by atoms with Crippen LogP contribution in [0.2, 0.25) is 0 Å². The number of aliphatic carboxylic acids is 2. The standard InChI is InChI=1S/C49H67N9O9/c1-28(2)42(58-44(60)22-33(55-48(66)36-11-3-6-12-38(36)50)20-30-26-53-40-14-8-5-10-35(30)40)24-45(61)57-41-17-18-51-27-37(41)49(67)56-32(19-29-25-52-39-13-7-4-9-34(29)39)21-43(59)54-31(23-47(64)65)15-16-46(62)63/h4-5,7-10,13-14,25-26,28,31-33,36-38,41-42,51-53H,3,6,11-12,15-24,27,50H2,1-2H3,(H,54,59)(H,55,66)(H,56,67)(H,57,61)(H,58,60)(H,62,63)(H,64,65)/t31-,32-,33-,36+,37+,38+,41+,42+/m0/s1. The number of hydrogen-bond donors (Lipinski definition) is 11. The van der Waals surface area contributed by atoms with Gasteiger partial charge in [0.1, 0.15) is 0 Å². The average molecular weight is 926 g/mol. The number of carboxylic acid groups (broad SMARTS) is 2. The Bertz CT molecular complexity index is 2360. The van der Waals surface area contributed by atoms with E-state index in [1.165, 1.54) is 0 Å². The predicted molar refractivity (Wildman–Crippen MR) is 252 cm³/mol. The minimum atomic E-state index is -1.19. The van der Waals surface area contributed by atoms with Crippen LogP contribution in [0.15, 0.2) is 60.9 Å². The van der Waals surface area contributed by atoms with Gasteiger partial charge < -0.3 is 57.8 Å². The van der Waals surface area contributed by atoms with Crippen LogP contribution in [-0.2, 0) is 46.4 Å². The number of benzene rings is 2. The number of carbonyl (C=O) groups excluding carboxylic acids is 5. The number of hydrogen-bond acceptors (Lipinski definition) is 9. The van der Waals surface area contributed by atoms with Crippen LogP contribution in [-0.4, -0.2) is 111 Å². The number of amides is 5. The molecule has 2 fully saturated rings. The quantitative estimate of drug-likeness (QED) is 0.0514. The number of carboxylic acids is 2. The lowest BCUT2D eigenvalue weighted by Gasteiger charge is -2.34. The van der Waals surface area contributed by atoms with Gasteiger partial charge in [0.2, 0.25) is 29.5 Å². The highest BCUT2D eigenvalue weighted by Gasteiger charge is 2.35. The molecule has 0 unspecified atom stereocenters. The van der Waals surface area contributed by atoms with Crippen LogP contribution in [0.4, 0.5) is 0 Å². The van der Waals surface area contributed by atoms with Crippen molar-refractivity contribution < 1.29 is 43.8 Å². The molecule has 1 saturated heterocycles. The summed E-state index contributed by atoms with van der Waals surface area (Å²) in [5.41, 5.74) is 10.0. The Hall–Kier alpha value is -6.27. The summed E-state index contributed by atoms with van der Waals surface area (Å²) in [4.78, 5) is 98.2. The van der Waals surface area contributed by atoms with Crippen molar-refractivity contribution in [3.63, 3.8) is 0 Å². The number of piperidine rings is 1. The zero-order chi connectivity index (χ0) is 48.0. The fraction of sp³-hybridized carbons (Fsp3) is 0.531. The van der Waals surface area contributed by atoms with Gasteiger partial charge in [-0.05, 0) is 74.2 Å². The molecule has 1 saturated carbocycles. The second-order valence-electron chi connectivity index (χ2n) is 18.7. The van der Waals surface area contributed by atoms with Gasteiger partial charge in [0, 0.05) is 103 Å². The fourth-order valence-corrected chi connectivity index (χ4v) is 9.54. The number of nitrogens with two attached hydrogens (primary N) is 1. The molecule has 2 aliphatic rings. The number of carbonyl (C=O) groups is 7. The minimum absolute atomic E-state index is 0.0190. The summed E-state index contributed by atoms with van der Waals surface area (Å²) >= 11 is 0. The first-order valence-corrected chi connectivity index (χ1v) is 23.6. The molecule has 18 nitrogen and oxygen atoms in total. The lowest BCUT2D eigenvalue weighted by molar-refractivity contribution is -0.140. The third kappa shape index (κ3) is 14.6. The van der Waals surface area contributed by atoms with E-state index in [0.29, 0.717) is 25.8 Å². The summed E-state index contributed by atoms with van der Waals surface area (Å²) in [6, 6.07) is 11.9. The number of nitrogens with one attached hydrogen (secondary N) is 8. The average Bonchev–Trinajstić information content (AvgIpc) is 3.88. The van der Waals surface area contributed by atoms with Crippen molar-refractivity contribution in [3.05, 3.63) is 72.1 Å². The van der Waals surface area contributed by atoms with E-state index in [1.54, 1.807) is 0 Å². The lowest BCUT2D eigenvalue weighted by Crippen LogP contribution is -2.57. The molecular weight excluding hydrogens is 859 g/mol. The van der Waals surface area contributed by atoms with Crippen LogP contribution in [0.3, 0.4) is 0 Å². The Labute approximate surface area is 390 Å². The Morgan fingerprint density at radius 1 is 0.657 bits per heavy atom. The van der Waals surface area contributed by atoms with Crippen molar-refractivity contribution in [2.45, 2.75) is 134 Å². The van der Waals surface area contributed by atoms with E-state index in [0.717, 1.165) is 52.2 Å². The summed E-state index contributed by atoms with van der Waals surface area (Å²) < 4.78 is 0. The van der Waals surface area contributed by atoms with E-state index in [-0.39, 0.29) is 80.7 Å². The van der Waals surface area contributed by atoms with Gasteiger partial charge in [0.05, 0.1) is 18.3 Å². The Morgan fingerprint density at radius 2 is 1.22 bits per heavy atom. The molecule has 0 bridgehead atoms. The predicted octanol–water partition coefficient (Wildman–Crippen LogP) is 3.15. The lowest BCUT2D eigenvalue weighted by atomic mass is 9.84. The monoisotopic (exact) mass is 926 g/mol. The van der Waals surface area contributed by atoms with E-state index in [9.17, 15) is 43.8 Å². The molecule has 362 valence electrons. The minimum Gasteiger partial charge on any atom is -0.481 e. The van der Waals surface area contributed by atoms with Crippen LogP contribution in [0.25, 0.3) is 21.8 Å². The molecule has 1 aliphatic carbocycles. The first kappa shape index (κ1) is 50.1. The smallest absolute Gasteiger partial charge is 0.305 e. The zero-order valence-corrected chi connectivity index (χ0v) is 38.4. The fourth-order valence-electron chi connectivity index (χ4n) is 9.54. The number of rotatable bonds is 23. The first-order chi connectivity index (χ1) is 32.1. The summed E-state index contributed by atoms with van der Waals surface area (Å²) in [5, 5.41) is 38.7. The maximum atomic E-state index is 14.2. The van der Waals surface area contributed by atoms with Gasteiger partial charge in [-0.3, -0.25) is 33.6 Å². The summed E-state index contributed by atoms with van der Waals surface area (Å²) in [6.07, 6.45) is 7.00. The molecule has 3 heterocycles. The second kappa shape index (κ2) is 24.0. The van der Waals surface area contributed by atoms with Crippen molar-refractivity contribution >= 4 is 63.3 Å². The Morgan fingerprint density at radius 3 is 1.79 bits per heavy atom. The highest BCUT2D eigenvalue weighted by Crippen LogP contribution is 2.25. The van der Waals surface area contributed by atoms with E-state index in [4.69, 9.17) is 5.73 Å². The van der Waals surface area contributed by atoms with Crippen LogP contribution >= 0.6 is 0 Å². The van der Waals surface area contributed by atoms with Crippen LogP contribution in [0.1, 0.15) is 95.6 Å². The zero-order valence-electron chi connectivity index (χ0n) is 38.4. The van der Waals surface area contributed by atoms with Crippen LogP contribution in [0.5, 0.6) is 0 Å². The summed E-state index contributed by atoms with van der Waals surface area (Å²) in [5.74, 6) is -5.26. The number of aromatic amines is 2. The van der Waals surface area contributed by atoms with Gasteiger partial charge in [0.25, 0.3) is 0 Å². The summed E-state index contributed by atoms with van der Waals surface area (Å²) in [6.45, 7) is 4.61. The van der Waals surface area contributed by atoms with E-state index in [2.05, 4.69) is 41.9 Å². The molecular formula is C49H67N9O9. The van der Waals surface area contributed by atoms with Crippen molar-refractivity contribution in [1.82, 2.24) is 41.9 Å². The number of aromatic nitrogens is 2. The molecule has 0 radical (unpaired) electrons. The third-order valence-electron chi connectivity index (χ3n) is 13.2. The van der Waals surface area contributed by atoms with Gasteiger partial charge in [-0.15, -0.1) is 0 Å². The molecule has 2 aromatic heterocycles. The maximum absolute atomic E-state index is 14.2. The molecule has 12 N–H and O–H groups in total. The molecule has 8 atom stereocenters. The van der Waals surface area contributed by atoms with Gasteiger partial charge >= 0.3 is 11.9 Å².